The molecular weight excluding hydrogens is 252 g/mol. The standard InChI is InChI=1S/C16H28N2O2/c1-4-5-8-11-18-13(12(2)3)14(19)17-16(15(18)20)9-6-7-10-16/h12-13H,4-11H2,1-3H3,(H,17,19). The summed E-state index contributed by atoms with van der Waals surface area (Å²) >= 11 is 0. The molecule has 1 saturated heterocycles. The minimum absolute atomic E-state index is 0.0537. The highest BCUT2D eigenvalue weighted by atomic mass is 16.2. The second kappa shape index (κ2) is 6.15. The lowest BCUT2D eigenvalue weighted by Gasteiger charge is -2.46. The molecular formula is C16H28N2O2. The number of unbranched alkanes of at least 4 members (excludes halogenated alkanes) is 2. The topological polar surface area (TPSA) is 49.4 Å². The average Bonchev–Trinajstić information content (AvgIpc) is 2.84. The number of nitrogens with one attached hydrogen (secondary N) is 1. The number of carbonyl (C=O) groups excluding carboxylic acids is 2. The van der Waals surface area contributed by atoms with Crippen LogP contribution in [0.5, 0.6) is 0 Å². The molecule has 0 bridgehead atoms. The summed E-state index contributed by atoms with van der Waals surface area (Å²) in [6, 6.07) is -0.286. The quantitative estimate of drug-likeness (QED) is 0.787. The number of piperazine rings is 1. The predicted molar refractivity (Wildman–Crippen MR) is 79.2 cm³/mol. The van der Waals surface area contributed by atoms with Crippen LogP contribution in [-0.4, -0.2) is 34.8 Å². The molecule has 114 valence electrons. The van der Waals surface area contributed by atoms with E-state index in [1.807, 2.05) is 18.7 Å². The van der Waals surface area contributed by atoms with Gasteiger partial charge >= 0.3 is 0 Å². The van der Waals surface area contributed by atoms with E-state index in [2.05, 4.69) is 12.2 Å². The third kappa shape index (κ3) is 2.70. The summed E-state index contributed by atoms with van der Waals surface area (Å²) in [6.07, 6.45) is 6.95. The zero-order valence-corrected chi connectivity index (χ0v) is 13.1. The van der Waals surface area contributed by atoms with Gasteiger partial charge in [-0.1, -0.05) is 46.5 Å². The van der Waals surface area contributed by atoms with Gasteiger partial charge in [0, 0.05) is 6.54 Å². The number of nitrogens with zero attached hydrogens (tertiary/aromatic N) is 1. The minimum Gasteiger partial charge on any atom is -0.340 e. The van der Waals surface area contributed by atoms with E-state index >= 15 is 0 Å². The first-order chi connectivity index (χ1) is 9.52. The van der Waals surface area contributed by atoms with Crippen LogP contribution in [0, 0.1) is 5.92 Å². The predicted octanol–water partition coefficient (Wildman–Crippen LogP) is 2.47. The normalized spacial score (nSPS) is 25.6. The Labute approximate surface area is 122 Å². The molecule has 1 N–H and O–H groups in total. The summed E-state index contributed by atoms with van der Waals surface area (Å²) in [6.45, 7) is 6.93. The third-order valence-corrected chi connectivity index (χ3v) is 4.73. The van der Waals surface area contributed by atoms with Crippen molar-refractivity contribution < 1.29 is 9.59 Å². The maximum Gasteiger partial charge on any atom is 0.249 e. The zero-order chi connectivity index (χ0) is 14.8. The summed E-state index contributed by atoms with van der Waals surface area (Å²) in [5, 5.41) is 3.06. The van der Waals surface area contributed by atoms with E-state index in [1.165, 1.54) is 0 Å². The van der Waals surface area contributed by atoms with Crippen molar-refractivity contribution in [1.29, 1.82) is 0 Å². The van der Waals surface area contributed by atoms with Crippen molar-refractivity contribution in [3.05, 3.63) is 0 Å². The fourth-order valence-electron chi connectivity index (χ4n) is 3.66. The first-order valence-corrected chi connectivity index (χ1v) is 8.15. The van der Waals surface area contributed by atoms with Gasteiger partial charge in [-0.15, -0.1) is 0 Å². The molecule has 2 rings (SSSR count). The van der Waals surface area contributed by atoms with Gasteiger partial charge in [0.1, 0.15) is 11.6 Å². The molecule has 0 aromatic carbocycles. The van der Waals surface area contributed by atoms with Gasteiger partial charge in [0.05, 0.1) is 0 Å². The van der Waals surface area contributed by atoms with Gasteiger partial charge in [-0.05, 0) is 25.2 Å². The number of rotatable bonds is 5. The molecule has 0 radical (unpaired) electrons. The molecule has 4 nitrogen and oxygen atoms in total. The van der Waals surface area contributed by atoms with Gasteiger partial charge in [-0.3, -0.25) is 9.59 Å². The van der Waals surface area contributed by atoms with Crippen LogP contribution in [0.4, 0.5) is 0 Å². The molecule has 1 heterocycles. The van der Waals surface area contributed by atoms with Crippen molar-refractivity contribution in [2.45, 2.75) is 77.3 Å². The highest BCUT2D eigenvalue weighted by Gasteiger charge is 2.52. The van der Waals surface area contributed by atoms with Gasteiger partial charge in [-0.2, -0.15) is 0 Å². The molecule has 1 aliphatic carbocycles. The fraction of sp³-hybridized carbons (Fsp3) is 0.875. The lowest BCUT2D eigenvalue weighted by Crippen LogP contribution is -2.70. The van der Waals surface area contributed by atoms with E-state index < -0.39 is 5.54 Å². The molecule has 1 saturated carbocycles. The highest BCUT2D eigenvalue weighted by molar-refractivity contribution is 6.00. The Hall–Kier alpha value is -1.06. The molecule has 2 amide bonds. The molecule has 1 unspecified atom stereocenters. The molecule has 1 spiro atoms. The summed E-state index contributed by atoms with van der Waals surface area (Å²) < 4.78 is 0. The van der Waals surface area contributed by atoms with E-state index in [-0.39, 0.29) is 23.8 Å². The van der Waals surface area contributed by atoms with Gasteiger partial charge in [-0.25, -0.2) is 0 Å². The van der Waals surface area contributed by atoms with Crippen LogP contribution in [0.25, 0.3) is 0 Å². The smallest absolute Gasteiger partial charge is 0.249 e. The first-order valence-electron chi connectivity index (χ1n) is 8.15. The van der Waals surface area contributed by atoms with Crippen molar-refractivity contribution in [2.24, 2.45) is 5.92 Å². The molecule has 20 heavy (non-hydrogen) atoms. The molecule has 0 aromatic heterocycles. The number of carbonyl (C=O) groups is 2. The maximum absolute atomic E-state index is 12.9. The Balaban J connectivity index is 2.19. The summed E-state index contributed by atoms with van der Waals surface area (Å²) in [7, 11) is 0. The van der Waals surface area contributed by atoms with Gasteiger partial charge in [0.15, 0.2) is 0 Å². The SMILES string of the molecule is CCCCCN1C(=O)C2(CCCC2)NC(=O)C1C(C)C. The van der Waals surface area contributed by atoms with E-state index in [0.717, 1.165) is 51.5 Å². The molecule has 0 aromatic rings. The number of amides is 2. The first kappa shape index (κ1) is 15.3. The van der Waals surface area contributed by atoms with Crippen LogP contribution in [0.1, 0.15) is 65.7 Å². The Morgan fingerprint density at radius 2 is 1.90 bits per heavy atom. The van der Waals surface area contributed by atoms with E-state index in [0.29, 0.717) is 0 Å². The molecule has 2 fully saturated rings. The second-order valence-electron chi connectivity index (χ2n) is 6.67. The summed E-state index contributed by atoms with van der Waals surface area (Å²) in [5.74, 6) is 0.390. The second-order valence-corrected chi connectivity index (χ2v) is 6.67. The van der Waals surface area contributed by atoms with Crippen molar-refractivity contribution in [3.8, 4) is 0 Å². The zero-order valence-electron chi connectivity index (χ0n) is 13.1. The molecule has 4 heteroatoms. The van der Waals surface area contributed by atoms with Crippen LogP contribution in [0.3, 0.4) is 0 Å². The Kier molecular flexibility index (Phi) is 4.71. The minimum atomic E-state index is -0.575. The molecule has 1 atom stereocenters. The molecule has 1 aliphatic heterocycles. The van der Waals surface area contributed by atoms with Crippen molar-refractivity contribution in [2.75, 3.05) is 6.54 Å². The number of hydrogen-bond acceptors (Lipinski definition) is 2. The van der Waals surface area contributed by atoms with Crippen LogP contribution in [-0.2, 0) is 9.59 Å². The van der Waals surface area contributed by atoms with E-state index in [9.17, 15) is 9.59 Å². The Morgan fingerprint density at radius 3 is 2.45 bits per heavy atom. The highest BCUT2D eigenvalue weighted by Crippen LogP contribution is 2.35. The fourth-order valence-corrected chi connectivity index (χ4v) is 3.66. The van der Waals surface area contributed by atoms with Gasteiger partial charge in [0.2, 0.25) is 11.8 Å². The van der Waals surface area contributed by atoms with Crippen LogP contribution >= 0.6 is 0 Å². The Morgan fingerprint density at radius 1 is 1.25 bits per heavy atom. The monoisotopic (exact) mass is 280 g/mol. The Bertz CT molecular complexity index is 373. The van der Waals surface area contributed by atoms with E-state index in [4.69, 9.17) is 0 Å². The van der Waals surface area contributed by atoms with E-state index in [1.54, 1.807) is 0 Å². The van der Waals surface area contributed by atoms with Crippen molar-refractivity contribution >= 4 is 11.8 Å². The van der Waals surface area contributed by atoms with Crippen molar-refractivity contribution in [3.63, 3.8) is 0 Å². The van der Waals surface area contributed by atoms with Crippen LogP contribution < -0.4 is 5.32 Å². The van der Waals surface area contributed by atoms with Gasteiger partial charge in [0.25, 0.3) is 0 Å². The summed E-state index contributed by atoms with van der Waals surface area (Å²) in [5.41, 5.74) is -0.575. The maximum atomic E-state index is 12.9. The lowest BCUT2D eigenvalue weighted by atomic mass is 9.87. The lowest BCUT2D eigenvalue weighted by molar-refractivity contribution is -0.156. The van der Waals surface area contributed by atoms with Crippen LogP contribution in [0.15, 0.2) is 0 Å². The van der Waals surface area contributed by atoms with Gasteiger partial charge < -0.3 is 10.2 Å². The van der Waals surface area contributed by atoms with Crippen LogP contribution in [0.2, 0.25) is 0 Å². The average molecular weight is 280 g/mol. The summed E-state index contributed by atoms with van der Waals surface area (Å²) in [4.78, 5) is 27.3. The van der Waals surface area contributed by atoms with Crippen molar-refractivity contribution in [1.82, 2.24) is 10.2 Å². The largest absolute Gasteiger partial charge is 0.340 e. The third-order valence-electron chi connectivity index (χ3n) is 4.73. The number of hydrogen-bond donors (Lipinski definition) is 1. The molecule has 2 aliphatic rings.